The van der Waals surface area contributed by atoms with E-state index in [9.17, 15) is 15.4 Å². The van der Waals surface area contributed by atoms with Gasteiger partial charge in [0.05, 0.1) is 16.6 Å². The molecule has 3 rings (SSSR count). The first-order valence-corrected chi connectivity index (χ1v) is 8.26. The second kappa shape index (κ2) is 5.66. The van der Waals surface area contributed by atoms with Crippen LogP contribution in [-0.2, 0) is 0 Å². The van der Waals surface area contributed by atoms with Gasteiger partial charge < -0.3 is 10.6 Å². The molecule has 2 heterocycles. The molecule has 0 saturated carbocycles. The van der Waals surface area contributed by atoms with Gasteiger partial charge in [0.1, 0.15) is 11.7 Å². The Labute approximate surface area is 139 Å². The van der Waals surface area contributed by atoms with E-state index in [1.54, 1.807) is 29.2 Å². The minimum atomic E-state index is -0.732. The second-order valence-corrected chi connectivity index (χ2v) is 6.84. The number of nitriles is 1. The van der Waals surface area contributed by atoms with Crippen molar-refractivity contribution in [3.05, 3.63) is 66.5 Å². The number of halogens is 1. The number of nitro groups is 1. The zero-order valence-corrected chi connectivity index (χ0v) is 13.7. The summed E-state index contributed by atoms with van der Waals surface area (Å²) >= 11 is 4.75. The molecule has 2 aliphatic heterocycles. The van der Waals surface area contributed by atoms with Crippen LogP contribution < -0.4 is 5.73 Å². The number of allylic oxidation sites excluding steroid dienone is 1. The lowest BCUT2D eigenvalue weighted by atomic mass is 9.87. The van der Waals surface area contributed by atoms with Gasteiger partial charge in [0.25, 0.3) is 5.70 Å². The van der Waals surface area contributed by atoms with Gasteiger partial charge in [0.15, 0.2) is 5.03 Å². The third-order valence-corrected chi connectivity index (χ3v) is 5.29. The van der Waals surface area contributed by atoms with E-state index in [4.69, 9.17) is 5.73 Å². The molecule has 1 atom stereocenters. The molecule has 6 nitrogen and oxygen atoms in total. The minimum absolute atomic E-state index is 0.0376. The maximum atomic E-state index is 11.6. The Bertz CT molecular complexity index is 751. The average Bonchev–Trinajstić information content (AvgIpc) is 2.97. The molecule has 2 aliphatic rings. The molecule has 1 saturated heterocycles. The summed E-state index contributed by atoms with van der Waals surface area (Å²) in [7, 11) is 0. The van der Waals surface area contributed by atoms with Crippen LogP contribution >= 0.6 is 27.7 Å². The number of hydrogen-bond donors (Lipinski definition) is 1. The highest BCUT2D eigenvalue weighted by molar-refractivity contribution is 9.10. The zero-order chi connectivity index (χ0) is 15.9. The highest BCUT2D eigenvalue weighted by Crippen LogP contribution is 2.46. The largest absolute Gasteiger partial charge is 0.384 e. The average molecular weight is 379 g/mol. The monoisotopic (exact) mass is 378 g/mol. The van der Waals surface area contributed by atoms with E-state index in [-0.39, 0.29) is 11.3 Å². The van der Waals surface area contributed by atoms with Crippen LogP contribution in [0.5, 0.6) is 0 Å². The van der Waals surface area contributed by atoms with Gasteiger partial charge in [-0.2, -0.15) is 5.26 Å². The molecule has 112 valence electrons. The summed E-state index contributed by atoms with van der Waals surface area (Å²) in [5.74, 6) is 0.310. The number of nitrogens with two attached hydrogens (primary N) is 1. The molecule has 0 spiro atoms. The number of nitrogens with zero attached hydrogens (tertiary/aromatic N) is 3. The van der Waals surface area contributed by atoms with Crippen molar-refractivity contribution in [2.24, 2.45) is 5.73 Å². The maximum absolute atomic E-state index is 11.6. The summed E-state index contributed by atoms with van der Waals surface area (Å²) in [4.78, 5) is 12.9. The summed E-state index contributed by atoms with van der Waals surface area (Å²) in [6.07, 6.45) is 0. The van der Waals surface area contributed by atoms with Gasteiger partial charge >= 0.3 is 0 Å². The van der Waals surface area contributed by atoms with Crippen LogP contribution in [0.1, 0.15) is 11.5 Å². The van der Waals surface area contributed by atoms with E-state index in [2.05, 4.69) is 22.0 Å². The van der Waals surface area contributed by atoms with Crippen LogP contribution in [0.4, 0.5) is 0 Å². The molecular formula is C14H11BrN4O2S. The van der Waals surface area contributed by atoms with Crippen LogP contribution in [0.2, 0.25) is 0 Å². The molecule has 1 aromatic carbocycles. The fourth-order valence-electron chi connectivity index (χ4n) is 2.69. The summed E-state index contributed by atoms with van der Waals surface area (Å²) in [5.41, 5.74) is 7.06. The molecule has 2 N–H and O–H groups in total. The number of rotatable bonds is 2. The quantitative estimate of drug-likeness (QED) is 0.627. The normalized spacial score (nSPS) is 20.9. The van der Waals surface area contributed by atoms with Crippen molar-refractivity contribution in [2.45, 2.75) is 5.92 Å². The Balaban J connectivity index is 2.23. The predicted octanol–water partition coefficient (Wildman–Crippen LogP) is 2.73. The smallest absolute Gasteiger partial charge is 0.288 e. The van der Waals surface area contributed by atoms with Gasteiger partial charge in [-0.25, -0.2) is 0 Å². The first kappa shape index (κ1) is 14.9. The minimum Gasteiger partial charge on any atom is -0.384 e. The molecule has 0 bridgehead atoms. The van der Waals surface area contributed by atoms with Crippen LogP contribution in [0.15, 0.2) is 50.9 Å². The SMILES string of the molecule is N#CC1=C(N)N2CCSC2=C([N+](=O)[O-])C1c1ccc(Br)cc1. The highest BCUT2D eigenvalue weighted by atomic mass is 79.9. The van der Waals surface area contributed by atoms with Crippen LogP contribution in [0.25, 0.3) is 0 Å². The van der Waals surface area contributed by atoms with Crippen molar-refractivity contribution in [3.63, 3.8) is 0 Å². The fraction of sp³-hybridized carbons (Fsp3) is 0.214. The topological polar surface area (TPSA) is 96.2 Å². The molecular weight excluding hydrogens is 368 g/mol. The molecule has 1 aromatic rings. The Hall–Kier alpha value is -1.98. The van der Waals surface area contributed by atoms with Crippen molar-refractivity contribution in [1.29, 1.82) is 5.26 Å². The lowest BCUT2D eigenvalue weighted by Gasteiger charge is -2.29. The summed E-state index contributed by atoms with van der Waals surface area (Å²) < 4.78 is 0.870. The van der Waals surface area contributed by atoms with Gasteiger partial charge in [-0.05, 0) is 17.7 Å². The van der Waals surface area contributed by atoms with E-state index in [1.165, 1.54) is 11.8 Å². The number of hydrogen-bond acceptors (Lipinski definition) is 6. The Kier molecular flexibility index (Phi) is 3.85. The Morgan fingerprint density at radius 2 is 2.14 bits per heavy atom. The summed E-state index contributed by atoms with van der Waals surface area (Å²) in [5, 5.41) is 21.7. The van der Waals surface area contributed by atoms with E-state index in [0.29, 0.717) is 23.0 Å². The van der Waals surface area contributed by atoms with E-state index < -0.39 is 10.8 Å². The summed E-state index contributed by atoms with van der Waals surface area (Å²) in [6, 6.07) is 9.23. The number of benzene rings is 1. The van der Waals surface area contributed by atoms with Gasteiger partial charge in [-0.3, -0.25) is 10.1 Å². The van der Waals surface area contributed by atoms with E-state index in [0.717, 1.165) is 10.2 Å². The molecule has 1 unspecified atom stereocenters. The fourth-order valence-corrected chi connectivity index (χ4v) is 4.11. The summed E-state index contributed by atoms with van der Waals surface area (Å²) in [6.45, 7) is 0.585. The van der Waals surface area contributed by atoms with Crippen LogP contribution in [0.3, 0.4) is 0 Å². The van der Waals surface area contributed by atoms with Crippen molar-refractivity contribution in [3.8, 4) is 6.07 Å². The second-order valence-electron chi connectivity index (χ2n) is 4.84. The van der Waals surface area contributed by atoms with Gasteiger partial charge in [0, 0.05) is 16.8 Å². The van der Waals surface area contributed by atoms with Gasteiger partial charge in [0.2, 0.25) is 0 Å². The van der Waals surface area contributed by atoms with Gasteiger partial charge in [-0.1, -0.05) is 39.8 Å². The lowest BCUT2D eigenvalue weighted by Crippen LogP contribution is -2.33. The Morgan fingerprint density at radius 1 is 1.45 bits per heavy atom. The van der Waals surface area contributed by atoms with Crippen LogP contribution in [0, 0.1) is 21.4 Å². The first-order valence-electron chi connectivity index (χ1n) is 6.48. The molecule has 0 aliphatic carbocycles. The lowest BCUT2D eigenvalue weighted by molar-refractivity contribution is -0.430. The first-order chi connectivity index (χ1) is 10.5. The van der Waals surface area contributed by atoms with Crippen LogP contribution in [-0.4, -0.2) is 22.1 Å². The highest BCUT2D eigenvalue weighted by Gasteiger charge is 2.44. The zero-order valence-electron chi connectivity index (χ0n) is 11.3. The standard InChI is InChI=1S/C14H11BrN4O2S/c15-9-3-1-8(2-4-9)11-10(7-16)13(17)18-5-6-22-14(18)12(11)19(20)21/h1-4,11H,5-6,17H2. The molecule has 8 heteroatoms. The molecule has 0 aromatic heterocycles. The third kappa shape index (κ3) is 2.26. The predicted molar refractivity (Wildman–Crippen MR) is 86.9 cm³/mol. The van der Waals surface area contributed by atoms with E-state index >= 15 is 0 Å². The van der Waals surface area contributed by atoms with Gasteiger partial charge in [-0.15, -0.1) is 0 Å². The maximum Gasteiger partial charge on any atom is 0.288 e. The number of fused-ring (bicyclic) bond motifs is 1. The van der Waals surface area contributed by atoms with Crippen molar-refractivity contribution in [2.75, 3.05) is 12.3 Å². The molecule has 0 amide bonds. The molecule has 22 heavy (non-hydrogen) atoms. The van der Waals surface area contributed by atoms with Crippen molar-refractivity contribution < 1.29 is 4.92 Å². The van der Waals surface area contributed by atoms with Crippen molar-refractivity contribution in [1.82, 2.24) is 4.90 Å². The third-order valence-electron chi connectivity index (χ3n) is 3.67. The van der Waals surface area contributed by atoms with E-state index in [1.807, 2.05) is 0 Å². The Morgan fingerprint density at radius 3 is 2.73 bits per heavy atom. The van der Waals surface area contributed by atoms with Crippen molar-refractivity contribution >= 4 is 27.7 Å². The number of thioether (sulfide) groups is 1. The molecule has 0 radical (unpaired) electrons. The molecule has 1 fully saturated rings.